The first-order valence-electron chi connectivity index (χ1n) is 12.6. The third kappa shape index (κ3) is 4.85. The Labute approximate surface area is 203 Å². The van der Waals surface area contributed by atoms with E-state index < -0.39 is 19.3 Å². The van der Waals surface area contributed by atoms with E-state index in [-0.39, 0.29) is 35.6 Å². The van der Waals surface area contributed by atoms with Crippen molar-refractivity contribution in [3.8, 4) is 0 Å². The summed E-state index contributed by atoms with van der Waals surface area (Å²) in [5.74, 6) is 0.905. The Bertz CT molecular complexity index is 894. The van der Waals surface area contributed by atoms with Crippen LogP contribution in [-0.2, 0) is 25.4 Å². The van der Waals surface area contributed by atoms with Crippen LogP contribution in [0.15, 0.2) is 30.3 Å². The highest BCUT2D eigenvalue weighted by atomic mass is 16.7. The highest BCUT2D eigenvalue weighted by Crippen LogP contribution is 2.65. The quantitative estimate of drug-likeness (QED) is 0.559. The Morgan fingerprint density at radius 1 is 1.12 bits per heavy atom. The van der Waals surface area contributed by atoms with E-state index in [1.54, 1.807) is 6.92 Å². The van der Waals surface area contributed by atoms with Gasteiger partial charge in [0.15, 0.2) is 0 Å². The number of alkyl carbamates (subject to hydrolysis) is 1. The molecule has 6 atom stereocenters. The summed E-state index contributed by atoms with van der Waals surface area (Å²) in [5, 5.41) is 5.71. The van der Waals surface area contributed by atoms with Gasteiger partial charge in [-0.3, -0.25) is 4.79 Å². The second-order valence-electron chi connectivity index (χ2n) is 11.5. The third-order valence-electron chi connectivity index (χ3n) is 8.29. The minimum atomic E-state index is -0.746. The molecule has 0 radical (unpaired) electrons. The van der Waals surface area contributed by atoms with E-state index >= 15 is 0 Å². The van der Waals surface area contributed by atoms with E-state index in [9.17, 15) is 9.59 Å². The van der Waals surface area contributed by atoms with Crippen molar-refractivity contribution in [3.63, 3.8) is 0 Å². The van der Waals surface area contributed by atoms with Crippen molar-refractivity contribution in [1.29, 1.82) is 0 Å². The average molecular weight is 470 g/mol. The molecule has 34 heavy (non-hydrogen) atoms. The molecule has 3 saturated carbocycles. The van der Waals surface area contributed by atoms with Gasteiger partial charge in [-0.15, -0.1) is 0 Å². The van der Waals surface area contributed by atoms with Crippen molar-refractivity contribution in [2.24, 2.45) is 23.2 Å². The maximum atomic E-state index is 13.0. The molecule has 1 aromatic rings. The summed E-state index contributed by atoms with van der Waals surface area (Å²) in [5.41, 5.74) is 0.825. The van der Waals surface area contributed by atoms with E-state index in [0.29, 0.717) is 17.8 Å². The summed E-state index contributed by atoms with van der Waals surface area (Å²) < 4.78 is 18.3. The zero-order chi connectivity index (χ0) is 24.7. The molecule has 1 aromatic carbocycles. The molecule has 7 nitrogen and oxygen atoms in total. The van der Waals surface area contributed by atoms with Gasteiger partial charge in [0.1, 0.15) is 12.6 Å². The number of nitrogens with one attached hydrogen (secondary N) is 2. The Morgan fingerprint density at radius 3 is 2.47 bits per heavy atom. The maximum absolute atomic E-state index is 13.0. The van der Waals surface area contributed by atoms with Gasteiger partial charge in [0.05, 0.1) is 17.6 Å². The SMILES string of the molecule is CC(C)C[C@H](NC(=O)[C@H](C)NC(=O)OCc1ccccc1)B1O[C@@H]2C[C@@H]3C[C@@H](C3(C)C)[C@]2(C)O1. The molecule has 4 fully saturated rings. The van der Waals surface area contributed by atoms with Crippen LogP contribution in [0.1, 0.15) is 66.4 Å². The van der Waals surface area contributed by atoms with Crippen molar-refractivity contribution < 1.29 is 23.6 Å². The predicted molar refractivity (Wildman–Crippen MR) is 131 cm³/mol. The molecule has 2 N–H and O–H groups in total. The first-order valence-corrected chi connectivity index (χ1v) is 12.6. The lowest BCUT2D eigenvalue weighted by atomic mass is 9.43. The van der Waals surface area contributed by atoms with Gasteiger partial charge in [-0.2, -0.15) is 0 Å². The van der Waals surface area contributed by atoms with Crippen LogP contribution >= 0.6 is 0 Å². The highest BCUT2D eigenvalue weighted by molar-refractivity contribution is 6.47. The molecule has 2 amide bonds. The first kappa shape index (κ1) is 25.1. The van der Waals surface area contributed by atoms with Crippen LogP contribution in [0.5, 0.6) is 0 Å². The second kappa shape index (κ2) is 9.54. The number of carbonyl (C=O) groups excluding carboxylic acids is 2. The van der Waals surface area contributed by atoms with Gasteiger partial charge >= 0.3 is 13.2 Å². The highest BCUT2D eigenvalue weighted by Gasteiger charge is 2.68. The van der Waals surface area contributed by atoms with Gasteiger partial charge in [-0.1, -0.05) is 58.0 Å². The second-order valence-corrected chi connectivity index (χ2v) is 11.5. The van der Waals surface area contributed by atoms with Gasteiger partial charge in [0, 0.05) is 0 Å². The van der Waals surface area contributed by atoms with Crippen molar-refractivity contribution in [2.75, 3.05) is 0 Å². The Morgan fingerprint density at radius 2 is 1.82 bits per heavy atom. The molecule has 1 heterocycles. The lowest BCUT2D eigenvalue weighted by molar-refractivity contribution is -0.199. The molecule has 1 aliphatic heterocycles. The van der Waals surface area contributed by atoms with Gasteiger partial charge in [-0.25, -0.2) is 4.79 Å². The number of ether oxygens (including phenoxy) is 1. The molecule has 186 valence electrons. The number of carbonyl (C=O) groups is 2. The van der Waals surface area contributed by atoms with Crippen molar-refractivity contribution >= 4 is 19.1 Å². The van der Waals surface area contributed by atoms with Crippen LogP contribution in [0, 0.1) is 23.2 Å². The smallest absolute Gasteiger partial charge is 0.445 e. The largest absolute Gasteiger partial charge is 0.481 e. The van der Waals surface area contributed by atoms with E-state index in [0.717, 1.165) is 18.4 Å². The van der Waals surface area contributed by atoms with Gasteiger partial charge in [0.25, 0.3) is 0 Å². The molecule has 0 unspecified atom stereocenters. The lowest BCUT2D eigenvalue weighted by Gasteiger charge is -2.64. The monoisotopic (exact) mass is 470 g/mol. The minimum absolute atomic E-state index is 0.0596. The summed E-state index contributed by atoms with van der Waals surface area (Å²) in [6.45, 7) is 12.9. The van der Waals surface area contributed by atoms with Crippen LogP contribution in [-0.4, -0.2) is 42.8 Å². The molecule has 4 aliphatic rings. The average Bonchev–Trinajstić information content (AvgIpc) is 3.14. The number of hydrogen-bond acceptors (Lipinski definition) is 5. The number of benzene rings is 1. The van der Waals surface area contributed by atoms with Crippen molar-refractivity contribution in [1.82, 2.24) is 10.6 Å². The molecule has 0 spiro atoms. The summed E-state index contributed by atoms with van der Waals surface area (Å²) in [7, 11) is -0.492. The van der Waals surface area contributed by atoms with Gasteiger partial charge in [0.2, 0.25) is 5.91 Å². The minimum Gasteiger partial charge on any atom is -0.445 e. The van der Waals surface area contributed by atoms with Crippen molar-refractivity contribution in [2.45, 2.75) is 91.1 Å². The van der Waals surface area contributed by atoms with E-state index in [2.05, 4.69) is 45.3 Å². The molecule has 5 rings (SSSR count). The predicted octanol–water partition coefficient (Wildman–Crippen LogP) is 4.10. The van der Waals surface area contributed by atoms with E-state index in [4.69, 9.17) is 14.0 Å². The lowest BCUT2D eigenvalue weighted by Crippen LogP contribution is -2.65. The van der Waals surface area contributed by atoms with Gasteiger partial charge in [-0.05, 0) is 61.8 Å². The van der Waals surface area contributed by atoms with Crippen LogP contribution in [0.4, 0.5) is 4.79 Å². The van der Waals surface area contributed by atoms with Crippen LogP contribution in [0.25, 0.3) is 0 Å². The number of hydrogen-bond donors (Lipinski definition) is 2. The van der Waals surface area contributed by atoms with Crippen molar-refractivity contribution in [3.05, 3.63) is 35.9 Å². The zero-order valence-electron chi connectivity index (χ0n) is 21.3. The maximum Gasteiger partial charge on any atom is 0.481 e. The summed E-state index contributed by atoms with van der Waals surface area (Å²) in [4.78, 5) is 25.2. The number of rotatable bonds is 8. The van der Waals surface area contributed by atoms with Gasteiger partial charge < -0.3 is 24.7 Å². The molecular weight excluding hydrogens is 431 g/mol. The Balaban J connectivity index is 1.34. The molecule has 8 heteroatoms. The standard InChI is InChI=1S/C26H39BN2O5/c1-16(2)12-22(27-33-21-14-19-13-20(25(19,4)5)26(21,6)34-27)29-23(30)17(3)28-24(31)32-15-18-10-8-7-9-11-18/h7-11,16-17,19-22H,12-15H2,1-6H3,(H,28,31)(H,29,30)/t17-,19-,20-,21+,22-,26-/m0/s1. The molecule has 0 aromatic heterocycles. The number of amides is 2. The normalized spacial score (nSPS) is 30.7. The van der Waals surface area contributed by atoms with E-state index in [1.807, 2.05) is 30.3 Å². The fourth-order valence-electron chi connectivity index (χ4n) is 6.13. The zero-order valence-corrected chi connectivity index (χ0v) is 21.3. The third-order valence-corrected chi connectivity index (χ3v) is 8.29. The van der Waals surface area contributed by atoms with Crippen LogP contribution in [0.2, 0.25) is 0 Å². The fraction of sp³-hybridized carbons (Fsp3) is 0.692. The molecule has 3 aliphatic carbocycles. The molecule has 1 saturated heterocycles. The summed E-state index contributed by atoms with van der Waals surface area (Å²) in [6.07, 6.45) is 2.35. The summed E-state index contributed by atoms with van der Waals surface area (Å²) in [6, 6.07) is 8.69. The fourth-order valence-corrected chi connectivity index (χ4v) is 6.13. The van der Waals surface area contributed by atoms with Crippen LogP contribution < -0.4 is 10.6 Å². The Hall–Kier alpha value is -2.06. The first-order chi connectivity index (χ1) is 16.0. The molecule has 2 bridgehead atoms. The summed E-state index contributed by atoms with van der Waals surface area (Å²) >= 11 is 0. The van der Waals surface area contributed by atoms with Crippen LogP contribution in [0.3, 0.4) is 0 Å². The Kier molecular flexibility index (Phi) is 7.03. The molecular formula is C26H39BN2O5. The van der Waals surface area contributed by atoms with E-state index in [1.165, 1.54) is 6.42 Å². The topological polar surface area (TPSA) is 85.9 Å².